The lowest BCUT2D eigenvalue weighted by atomic mass is 10.3. The molecule has 0 aliphatic carbocycles. The van der Waals surface area contributed by atoms with E-state index >= 15 is 0 Å². The van der Waals surface area contributed by atoms with E-state index in [0.717, 1.165) is 18.4 Å². The molecule has 1 heterocycles. The van der Waals surface area contributed by atoms with Crippen molar-refractivity contribution in [2.45, 2.75) is 6.92 Å². The van der Waals surface area contributed by atoms with Gasteiger partial charge in [-0.2, -0.15) is 0 Å². The van der Waals surface area contributed by atoms with E-state index in [4.69, 9.17) is 4.74 Å². The first-order valence-electron chi connectivity index (χ1n) is 5.82. The predicted octanol–water partition coefficient (Wildman–Crippen LogP) is 1.37. The van der Waals surface area contributed by atoms with Crippen LogP contribution in [0.15, 0.2) is 10.5 Å². The third kappa shape index (κ3) is 5.01. The van der Waals surface area contributed by atoms with Gasteiger partial charge in [0.2, 0.25) is 5.71 Å². The molecule has 0 saturated carbocycles. The van der Waals surface area contributed by atoms with Gasteiger partial charge in [0.25, 0.3) is 0 Å². The molecule has 0 aromatic carbocycles. The summed E-state index contributed by atoms with van der Waals surface area (Å²) in [6, 6.07) is 0. The summed E-state index contributed by atoms with van der Waals surface area (Å²) in [7, 11) is 2.28. The van der Waals surface area contributed by atoms with Crippen molar-refractivity contribution in [2.24, 2.45) is 5.16 Å². The van der Waals surface area contributed by atoms with E-state index in [0.29, 0.717) is 0 Å². The summed E-state index contributed by atoms with van der Waals surface area (Å²) in [6.45, 7) is 1.69. The normalized spacial score (nSPS) is 10.6. The monoisotopic (exact) mass is 331 g/mol. The Kier molecular flexibility index (Phi) is 6.76. The number of amides is 1. The molecule has 0 aliphatic heterocycles. The van der Waals surface area contributed by atoms with Crippen LogP contribution in [0.1, 0.15) is 12.6 Å². The van der Waals surface area contributed by atoms with Gasteiger partial charge in [0.1, 0.15) is 5.69 Å². The van der Waals surface area contributed by atoms with Gasteiger partial charge in [-0.05, 0) is 6.92 Å². The maximum Gasteiger partial charge on any atom is 0.534 e. The lowest BCUT2D eigenvalue weighted by Crippen LogP contribution is -2.20. The van der Waals surface area contributed by atoms with Crippen molar-refractivity contribution >= 4 is 40.4 Å². The third-order valence-electron chi connectivity index (χ3n) is 1.99. The lowest BCUT2D eigenvalue weighted by Gasteiger charge is -2.03. The predicted molar refractivity (Wildman–Crippen MR) is 74.8 cm³/mol. The zero-order chi connectivity index (χ0) is 16.5. The lowest BCUT2D eigenvalue weighted by molar-refractivity contribution is -0.135. The second-order valence-corrected chi connectivity index (χ2v) is 4.22. The first kappa shape index (κ1) is 17.4. The van der Waals surface area contributed by atoms with Gasteiger partial charge in [-0.15, -0.1) is 11.3 Å². The molecular weight excluding hydrogens is 318 g/mol. The van der Waals surface area contributed by atoms with Crippen molar-refractivity contribution < 1.29 is 33.4 Å². The molecule has 120 valence electrons. The van der Waals surface area contributed by atoms with Crippen LogP contribution in [0.3, 0.4) is 0 Å². The maximum atomic E-state index is 11.8. The summed E-state index contributed by atoms with van der Waals surface area (Å²) >= 11 is 1.01. The van der Waals surface area contributed by atoms with Crippen molar-refractivity contribution in [1.29, 1.82) is 0 Å². The van der Waals surface area contributed by atoms with Crippen molar-refractivity contribution in [2.75, 3.05) is 26.1 Å². The second kappa shape index (κ2) is 8.56. The number of hydrogen-bond acceptors (Lipinski definition) is 10. The number of ether oxygens (including phenoxy) is 3. The molecule has 10 nitrogen and oxygen atoms in total. The number of carbonyl (C=O) groups excluding carboxylic acids is 3. The molecule has 0 bridgehead atoms. The number of nitrogens with one attached hydrogen (secondary N) is 1. The Labute approximate surface area is 129 Å². The molecule has 0 saturated heterocycles. The fourth-order valence-electron chi connectivity index (χ4n) is 1.09. The fraction of sp³-hybridized carbons (Fsp3) is 0.364. The van der Waals surface area contributed by atoms with Gasteiger partial charge in [0, 0.05) is 5.38 Å². The molecule has 0 aliphatic rings. The highest BCUT2D eigenvalue weighted by Crippen LogP contribution is 2.17. The van der Waals surface area contributed by atoms with Crippen LogP contribution >= 0.6 is 11.3 Å². The minimum atomic E-state index is -1.11. The maximum absolute atomic E-state index is 11.8. The average molecular weight is 331 g/mol. The van der Waals surface area contributed by atoms with Crippen LogP contribution in [-0.4, -0.2) is 49.7 Å². The van der Waals surface area contributed by atoms with Crippen molar-refractivity contribution in [3.05, 3.63) is 11.1 Å². The van der Waals surface area contributed by atoms with Crippen LogP contribution in [0.25, 0.3) is 0 Å². The first-order valence-corrected chi connectivity index (χ1v) is 6.70. The Morgan fingerprint density at radius 3 is 2.64 bits per heavy atom. The highest BCUT2D eigenvalue weighted by Gasteiger charge is 2.21. The SMILES string of the molecule is CCOC(=O)C(=NOC(=O)OC)c1csc(NC(=O)OC)n1. The molecule has 0 atom stereocenters. The molecule has 1 aromatic heterocycles. The zero-order valence-electron chi connectivity index (χ0n) is 11.9. The van der Waals surface area contributed by atoms with E-state index in [2.05, 4.69) is 29.8 Å². The number of carbonyl (C=O) groups is 3. The molecule has 11 heteroatoms. The van der Waals surface area contributed by atoms with Gasteiger partial charge in [-0.1, -0.05) is 5.16 Å². The van der Waals surface area contributed by atoms with Crippen molar-refractivity contribution in [3.63, 3.8) is 0 Å². The number of hydrogen-bond donors (Lipinski definition) is 1. The van der Waals surface area contributed by atoms with E-state index in [9.17, 15) is 14.4 Å². The summed E-state index contributed by atoms with van der Waals surface area (Å²) in [5, 5.41) is 7.27. The average Bonchev–Trinajstić information content (AvgIpc) is 2.95. The minimum Gasteiger partial charge on any atom is -0.461 e. The number of methoxy groups -OCH3 is 2. The Morgan fingerprint density at radius 2 is 2.05 bits per heavy atom. The zero-order valence-corrected chi connectivity index (χ0v) is 12.8. The van der Waals surface area contributed by atoms with E-state index in [1.165, 1.54) is 12.5 Å². The summed E-state index contributed by atoms with van der Waals surface area (Å²) in [6.07, 6.45) is -1.83. The number of anilines is 1. The van der Waals surface area contributed by atoms with Gasteiger partial charge >= 0.3 is 18.2 Å². The highest BCUT2D eigenvalue weighted by atomic mass is 32.1. The van der Waals surface area contributed by atoms with Crippen LogP contribution < -0.4 is 5.32 Å². The minimum absolute atomic E-state index is 0.0544. The quantitative estimate of drug-likeness (QED) is 0.282. The molecular formula is C11H13N3O7S. The summed E-state index contributed by atoms with van der Waals surface area (Å²) < 4.78 is 13.4. The van der Waals surface area contributed by atoms with Crippen LogP contribution in [0, 0.1) is 0 Å². The smallest absolute Gasteiger partial charge is 0.461 e. The number of esters is 1. The molecule has 22 heavy (non-hydrogen) atoms. The van der Waals surface area contributed by atoms with Gasteiger partial charge in [-0.3, -0.25) is 10.2 Å². The van der Waals surface area contributed by atoms with Crippen LogP contribution in [0.4, 0.5) is 14.7 Å². The van der Waals surface area contributed by atoms with E-state index in [1.807, 2.05) is 0 Å². The Balaban J connectivity index is 2.98. The topological polar surface area (TPSA) is 125 Å². The van der Waals surface area contributed by atoms with Gasteiger partial charge in [0.15, 0.2) is 5.13 Å². The highest BCUT2D eigenvalue weighted by molar-refractivity contribution is 7.14. The van der Waals surface area contributed by atoms with Crippen molar-refractivity contribution in [3.8, 4) is 0 Å². The third-order valence-corrected chi connectivity index (χ3v) is 2.75. The van der Waals surface area contributed by atoms with Crippen LogP contribution in [0.5, 0.6) is 0 Å². The number of aromatic nitrogens is 1. The molecule has 0 radical (unpaired) electrons. The molecule has 0 fully saturated rings. The fourth-order valence-corrected chi connectivity index (χ4v) is 1.77. The molecule has 0 unspecified atom stereocenters. The second-order valence-electron chi connectivity index (χ2n) is 3.36. The van der Waals surface area contributed by atoms with Gasteiger partial charge in [0.05, 0.1) is 20.8 Å². The van der Waals surface area contributed by atoms with Gasteiger partial charge < -0.3 is 14.2 Å². The molecule has 1 aromatic rings. The van der Waals surface area contributed by atoms with Crippen LogP contribution in [0.2, 0.25) is 0 Å². The van der Waals surface area contributed by atoms with E-state index in [1.54, 1.807) is 6.92 Å². The van der Waals surface area contributed by atoms with E-state index < -0.39 is 18.2 Å². The summed E-state index contributed by atoms with van der Waals surface area (Å²) in [5.41, 5.74) is -0.292. The Hall–Kier alpha value is -2.69. The Bertz CT molecular complexity index is 584. The van der Waals surface area contributed by atoms with Gasteiger partial charge in [-0.25, -0.2) is 19.4 Å². The standard InChI is InChI=1S/C11H13N3O7S/c1-4-20-8(15)7(14-21-11(17)19-3)6-5-22-9(12-6)13-10(16)18-2/h5H,4H2,1-3H3,(H,12,13,16). The molecule has 1 N–H and O–H groups in total. The largest absolute Gasteiger partial charge is 0.534 e. The van der Waals surface area contributed by atoms with Crippen molar-refractivity contribution in [1.82, 2.24) is 4.98 Å². The number of rotatable bonds is 5. The number of nitrogens with zero attached hydrogens (tertiary/aromatic N) is 2. The first-order chi connectivity index (χ1) is 10.5. The molecule has 0 spiro atoms. The molecule has 1 rings (SSSR count). The van der Waals surface area contributed by atoms with Crippen LogP contribution in [-0.2, 0) is 23.8 Å². The summed E-state index contributed by atoms with van der Waals surface area (Å²) in [5.74, 6) is -0.846. The Morgan fingerprint density at radius 1 is 1.32 bits per heavy atom. The molecule has 1 amide bonds. The number of thiazole rings is 1. The summed E-state index contributed by atoms with van der Waals surface area (Å²) in [4.78, 5) is 42.1. The van der Waals surface area contributed by atoms with E-state index in [-0.39, 0.29) is 23.1 Å². The number of oxime groups is 1.